The highest BCUT2D eigenvalue weighted by Crippen LogP contribution is 2.12. The summed E-state index contributed by atoms with van der Waals surface area (Å²) in [7, 11) is 3.57. The molecule has 0 bridgehead atoms. The molecule has 0 unspecified atom stereocenters. The van der Waals surface area contributed by atoms with Crippen LogP contribution in [0.3, 0.4) is 0 Å². The van der Waals surface area contributed by atoms with Gasteiger partial charge in [-0.25, -0.2) is 0 Å². The van der Waals surface area contributed by atoms with Crippen molar-refractivity contribution >= 4 is 11.8 Å². The predicted octanol–water partition coefficient (Wildman–Crippen LogP) is 0.132. The molecule has 0 spiro atoms. The van der Waals surface area contributed by atoms with Gasteiger partial charge < -0.3 is 15.0 Å². The van der Waals surface area contributed by atoms with Gasteiger partial charge in [0.1, 0.15) is 5.82 Å². The van der Waals surface area contributed by atoms with E-state index in [0.717, 1.165) is 24.9 Å². The number of anilines is 1. The Labute approximate surface area is 82.0 Å². The van der Waals surface area contributed by atoms with E-state index >= 15 is 0 Å². The maximum absolute atomic E-state index is 4.95. The number of ether oxygens (including phenoxy) is 1. The van der Waals surface area contributed by atoms with Crippen LogP contribution in [0.1, 0.15) is 0 Å². The number of hydrogen-bond acceptors (Lipinski definition) is 5. The molecule has 2 N–H and O–H groups in total. The van der Waals surface area contributed by atoms with Gasteiger partial charge in [0.25, 0.3) is 0 Å². The molecule has 0 aromatic carbocycles. The molecular weight excluding hydrogens is 182 g/mol. The largest absolute Gasteiger partial charge is 0.480 e. The van der Waals surface area contributed by atoms with Gasteiger partial charge in [0.15, 0.2) is 5.96 Å². The fourth-order valence-electron chi connectivity index (χ4n) is 1.26. The molecule has 6 heteroatoms. The molecule has 0 saturated heterocycles. The lowest BCUT2D eigenvalue weighted by atomic mass is 10.6. The molecule has 6 nitrogen and oxygen atoms in total. The second-order valence-corrected chi connectivity index (χ2v) is 3.08. The van der Waals surface area contributed by atoms with Crippen molar-refractivity contribution in [2.75, 3.05) is 32.6 Å². The van der Waals surface area contributed by atoms with Crippen LogP contribution in [0, 0.1) is 0 Å². The standard InChI is InChI=1S/C8H13N5O/c1-13-4-3-9-8(13)10-6-5-7(14-2)12-11-6/h5H,3-4H2,1-2H3,(H2,9,10,11,12). The number of aromatic amines is 1. The summed E-state index contributed by atoms with van der Waals surface area (Å²) in [4.78, 5) is 6.34. The van der Waals surface area contributed by atoms with E-state index in [1.165, 1.54) is 0 Å². The van der Waals surface area contributed by atoms with Crippen molar-refractivity contribution < 1.29 is 4.74 Å². The first kappa shape index (κ1) is 8.86. The van der Waals surface area contributed by atoms with Gasteiger partial charge in [-0.2, -0.15) is 0 Å². The molecule has 1 aliphatic heterocycles. The van der Waals surface area contributed by atoms with Crippen LogP contribution in [0.2, 0.25) is 0 Å². The van der Waals surface area contributed by atoms with Gasteiger partial charge in [0.2, 0.25) is 5.88 Å². The van der Waals surface area contributed by atoms with E-state index in [1.807, 2.05) is 11.9 Å². The minimum absolute atomic E-state index is 0.564. The highest BCUT2D eigenvalue weighted by atomic mass is 16.5. The molecule has 1 aromatic heterocycles. The van der Waals surface area contributed by atoms with Crippen molar-refractivity contribution in [3.63, 3.8) is 0 Å². The van der Waals surface area contributed by atoms with Crippen LogP contribution in [0.4, 0.5) is 5.82 Å². The third-order valence-corrected chi connectivity index (χ3v) is 2.07. The number of hydrogen-bond donors (Lipinski definition) is 2. The van der Waals surface area contributed by atoms with E-state index in [4.69, 9.17) is 4.74 Å². The Hall–Kier alpha value is -1.72. The van der Waals surface area contributed by atoms with Crippen molar-refractivity contribution in [2.24, 2.45) is 4.99 Å². The monoisotopic (exact) mass is 195 g/mol. The molecule has 14 heavy (non-hydrogen) atoms. The van der Waals surface area contributed by atoms with E-state index < -0.39 is 0 Å². The Morgan fingerprint density at radius 2 is 2.50 bits per heavy atom. The van der Waals surface area contributed by atoms with Crippen LogP contribution >= 0.6 is 0 Å². The van der Waals surface area contributed by atoms with Crippen molar-refractivity contribution in [2.45, 2.75) is 0 Å². The van der Waals surface area contributed by atoms with Gasteiger partial charge in [-0.3, -0.25) is 10.1 Å². The fraction of sp³-hybridized carbons (Fsp3) is 0.500. The third kappa shape index (κ3) is 1.63. The molecule has 0 amide bonds. The number of aliphatic imine (C=N–C) groups is 1. The maximum Gasteiger partial charge on any atom is 0.234 e. The molecule has 76 valence electrons. The maximum atomic E-state index is 4.95. The fourth-order valence-corrected chi connectivity index (χ4v) is 1.26. The lowest BCUT2D eigenvalue weighted by Gasteiger charge is -2.13. The summed E-state index contributed by atoms with van der Waals surface area (Å²) in [5.74, 6) is 2.21. The highest BCUT2D eigenvalue weighted by Gasteiger charge is 2.13. The average Bonchev–Trinajstić information content (AvgIpc) is 2.77. The first-order valence-corrected chi connectivity index (χ1v) is 4.41. The van der Waals surface area contributed by atoms with Crippen molar-refractivity contribution in [3.05, 3.63) is 6.07 Å². The summed E-state index contributed by atoms with van der Waals surface area (Å²) in [6, 6.07) is 1.79. The first-order chi connectivity index (χ1) is 6.79. The van der Waals surface area contributed by atoms with Crippen molar-refractivity contribution in [1.29, 1.82) is 0 Å². The summed E-state index contributed by atoms with van der Waals surface area (Å²) < 4.78 is 4.95. The Kier molecular flexibility index (Phi) is 2.26. The SMILES string of the molecule is COc1cc(NC2=NCCN2C)[nH]n1. The number of guanidine groups is 1. The second kappa shape index (κ2) is 3.57. The summed E-state index contributed by atoms with van der Waals surface area (Å²) in [5, 5.41) is 9.85. The van der Waals surface area contributed by atoms with Crippen molar-refractivity contribution in [3.8, 4) is 5.88 Å². The summed E-state index contributed by atoms with van der Waals surface area (Å²) in [6.07, 6.45) is 0. The number of methoxy groups -OCH3 is 1. The van der Waals surface area contributed by atoms with Gasteiger partial charge in [-0.1, -0.05) is 0 Å². The molecule has 0 atom stereocenters. The molecule has 2 heterocycles. The molecule has 1 aliphatic rings. The van der Waals surface area contributed by atoms with E-state index in [9.17, 15) is 0 Å². The van der Waals surface area contributed by atoms with Crippen LogP contribution in [0.25, 0.3) is 0 Å². The second-order valence-electron chi connectivity index (χ2n) is 3.08. The zero-order valence-electron chi connectivity index (χ0n) is 8.24. The lowest BCUT2D eigenvalue weighted by molar-refractivity contribution is 0.397. The van der Waals surface area contributed by atoms with Gasteiger partial charge in [-0.15, -0.1) is 5.10 Å². The smallest absolute Gasteiger partial charge is 0.234 e. The van der Waals surface area contributed by atoms with Crippen molar-refractivity contribution in [1.82, 2.24) is 15.1 Å². The number of aromatic nitrogens is 2. The Bertz CT molecular complexity index is 345. The summed E-state index contributed by atoms with van der Waals surface area (Å²) in [5.41, 5.74) is 0. The number of likely N-dealkylation sites (N-methyl/N-ethyl adjacent to an activating group) is 1. The Morgan fingerprint density at radius 1 is 1.64 bits per heavy atom. The third-order valence-electron chi connectivity index (χ3n) is 2.07. The van der Waals surface area contributed by atoms with Crippen LogP contribution in [-0.4, -0.2) is 48.3 Å². The number of H-pyrrole nitrogens is 1. The number of rotatable bonds is 2. The van der Waals surface area contributed by atoms with E-state index in [-0.39, 0.29) is 0 Å². The van der Waals surface area contributed by atoms with Crippen LogP contribution in [0.15, 0.2) is 11.1 Å². The molecule has 0 aliphatic carbocycles. The summed E-state index contributed by atoms with van der Waals surface area (Å²) >= 11 is 0. The normalized spacial score (nSPS) is 15.6. The summed E-state index contributed by atoms with van der Waals surface area (Å²) in [6.45, 7) is 1.79. The van der Waals surface area contributed by atoms with Crippen LogP contribution in [-0.2, 0) is 0 Å². The zero-order valence-corrected chi connectivity index (χ0v) is 8.24. The molecule has 0 radical (unpaired) electrons. The van der Waals surface area contributed by atoms with Crippen LogP contribution < -0.4 is 10.1 Å². The average molecular weight is 195 g/mol. The molecule has 2 rings (SSSR count). The number of nitrogens with one attached hydrogen (secondary N) is 2. The minimum atomic E-state index is 0.564. The zero-order chi connectivity index (χ0) is 9.97. The molecule has 1 aromatic rings. The molecule has 0 fully saturated rings. The van der Waals surface area contributed by atoms with Crippen LogP contribution in [0.5, 0.6) is 5.88 Å². The predicted molar refractivity (Wildman–Crippen MR) is 53.7 cm³/mol. The Balaban J connectivity index is 2.03. The van der Waals surface area contributed by atoms with Gasteiger partial charge in [0.05, 0.1) is 13.7 Å². The van der Waals surface area contributed by atoms with E-state index in [1.54, 1.807) is 13.2 Å². The minimum Gasteiger partial charge on any atom is -0.480 e. The van der Waals surface area contributed by atoms with Gasteiger partial charge in [-0.05, 0) is 0 Å². The van der Waals surface area contributed by atoms with Gasteiger partial charge >= 0.3 is 0 Å². The highest BCUT2D eigenvalue weighted by molar-refractivity contribution is 5.93. The number of nitrogens with zero attached hydrogens (tertiary/aromatic N) is 3. The first-order valence-electron chi connectivity index (χ1n) is 4.41. The van der Waals surface area contributed by atoms with Gasteiger partial charge in [0, 0.05) is 19.7 Å². The lowest BCUT2D eigenvalue weighted by Crippen LogP contribution is -2.29. The van der Waals surface area contributed by atoms with E-state index in [0.29, 0.717) is 5.88 Å². The molecule has 0 saturated carbocycles. The Morgan fingerprint density at radius 3 is 3.07 bits per heavy atom. The topological polar surface area (TPSA) is 65.5 Å². The molecular formula is C8H13N5O. The van der Waals surface area contributed by atoms with E-state index in [2.05, 4.69) is 20.5 Å². The quantitative estimate of drug-likeness (QED) is 0.704.